The molecule has 1 atom stereocenters. The summed E-state index contributed by atoms with van der Waals surface area (Å²) in [6, 6.07) is 13.9. The highest BCUT2D eigenvalue weighted by Gasteiger charge is 2.13. The third kappa shape index (κ3) is 6.29. The topological polar surface area (TPSA) is 70.2 Å². The Kier molecular flexibility index (Phi) is 7.10. The number of carbonyl (C=O) groups is 2. The Hall–Kier alpha value is -2.24. The SMILES string of the molecule is C[C@@H](NC(=O)CNC(=O)NCc1ccccc1)c1ccc(Cl)cc1Cl. The molecule has 0 fully saturated rings. The van der Waals surface area contributed by atoms with E-state index in [0.717, 1.165) is 11.1 Å². The molecule has 3 amide bonds. The second-order valence-electron chi connectivity index (χ2n) is 5.48. The van der Waals surface area contributed by atoms with Crippen LogP contribution in [0.2, 0.25) is 10.0 Å². The van der Waals surface area contributed by atoms with Crippen LogP contribution in [-0.4, -0.2) is 18.5 Å². The Morgan fingerprint density at radius 2 is 1.76 bits per heavy atom. The Balaban J connectivity index is 1.75. The van der Waals surface area contributed by atoms with Gasteiger partial charge in [0, 0.05) is 16.6 Å². The lowest BCUT2D eigenvalue weighted by atomic mass is 10.1. The molecule has 7 heteroatoms. The molecule has 0 aliphatic heterocycles. The first-order valence-electron chi connectivity index (χ1n) is 7.75. The van der Waals surface area contributed by atoms with Gasteiger partial charge in [0.25, 0.3) is 0 Å². The highest BCUT2D eigenvalue weighted by molar-refractivity contribution is 6.35. The molecule has 0 bridgehead atoms. The van der Waals surface area contributed by atoms with Gasteiger partial charge in [-0.25, -0.2) is 4.79 Å². The minimum atomic E-state index is -0.406. The average Bonchev–Trinajstić information content (AvgIpc) is 2.59. The predicted octanol–water partition coefficient (Wildman–Crippen LogP) is 3.67. The lowest BCUT2D eigenvalue weighted by Gasteiger charge is -2.16. The van der Waals surface area contributed by atoms with Gasteiger partial charge in [0.1, 0.15) is 0 Å². The van der Waals surface area contributed by atoms with Crippen LogP contribution in [0.3, 0.4) is 0 Å². The quantitative estimate of drug-likeness (QED) is 0.716. The van der Waals surface area contributed by atoms with Crippen LogP contribution in [0.4, 0.5) is 4.79 Å². The molecule has 2 aromatic carbocycles. The van der Waals surface area contributed by atoms with E-state index < -0.39 is 6.03 Å². The molecule has 0 spiro atoms. The smallest absolute Gasteiger partial charge is 0.315 e. The number of hydrogen-bond acceptors (Lipinski definition) is 2. The van der Waals surface area contributed by atoms with Gasteiger partial charge >= 0.3 is 6.03 Å². The molecule has 2 rings (SSSR count). The average molecular weight is 380 g/mol. The van der Waals surface area contributed by atoms with E-state index >= 15 is 0 Å². The third-order valence-electron chi connectivity index (χ3n) is 3.51. The Morgan fingerprint density at radius 1 is 1.04 bits per heavy atom. The van der Waals surface area contributed by atoms with Crippen molar-refractivity contribution in [3.63, 3.8) is 0 Å². The molecule has 0 aliphatic carbocycles. The zero-order valence-corrected chi connectivity index (χ0v) is 15.2. The molecule has 0 radical (unpaired) electrons. The molecule has 132 valence electrons. The number of nitrogens with one attached hydrogen (secondary N) is 3. The molecule has 0 aromatic heterocycles. The van der Waals surface area contributed by atoms with E-state index in [1.165, 1.54) is 0 Å². The van der Waals surface area contributed by atoms with Gasteiger partial charge in [-0.2, -0.15) is 0 Å². The molecular formula is C18H19Cl2N3O2. The van der Waals surface area contributed by atoms with Crippen molar-refractivity contribution in [2.75, 3.05) is 6.54 Å². The largest absolute Gasteiger partial charge is 0.348 e. The van der Waals surface area contributed by atoms with Crippen LogP contribution < -0.4 is 16.0 Å². The number of halogens is 2. The van der Waals surface area contributed by atoms with Gasteiger partial charge in [-0.15, -0.1) is 0 Å². The summed E-state index contributed by atoms with van der Waals surface area (Å²) in [5.41, 5.74) is 1.74. The summed E-state index contributed by atoms with van der Waals surface area (Å²) in [5, 5.41) is 8.99. The van der Waals surface area contributed by atoms with Crippen LogP contribution in [-0.2, 0) is 11.3 Å². The summed E-state index contributed by atoms with van der Waals surface area (Å²) in [5.74, 6) is -0.312. The van der Waals surface area contributed by atoms with Crippen molar-refractivity contribution in [2.24, 2.45) is 0 Å². The number of carbonyl (C=O) groups excluding carboxylic acids is 2. The minimum Gasteiger partial charge on any atom is -0.348 e. The maximum absolute atomic E-state index is 12.0. The van der Waals surface area contributed by atoms with E-state index in [4.69, 9.17) is 23.2 Å². The molecule has 0 saturated heterocycles. The van der Waals surface area contributed by atoms with Gasteiger partial charge in [0.2, 0.25) is 5.91 Å². The van der Waals surface area contributed by atoms with Gasteiger partial charge in [-0.1, -0.05) is 59.6 Å². The van der Waals surface area contributed by atoms with Gasteiger partial charge < -0.3 is 16.0 Å². The first-order valence-corrected chi connectivity index (χ1v) is 8.51. The Labute approximate surface area is 156 Å². The van der Waals surface area contributed by atoms with Crippen molar-refractivity contribution < 1.29 is 9.59 Å². The number of hydrogen-bond donors (Lipinski definition) is 3. The second kappa shape index (κ2) is 9.30. The minimum absolute atomic E-state index is 0.129. The Bertz CT molecular complexity index is 738. The van der Waals surface area contributed by atoms with E-state index in [1.54, 1.807) is 18.2 Å². The molecule has 0 unspecified atom stereocenters. The van der Waals surface area contributed by atoms with Crippen LogP contribution in [0.15, 0.2) is 48.5 Å². The Morgan fingerprint density at radius 3 is 2.44 bits per heavy atom. The summed E-state index contributed by atoms with van der Waals surface area (Å²) in [6.45, 7) is 2.07. The summed E-state index contributed by atoms with van der Waals surface area (Å²) < 4.78 is 0. The monoisotopic (exact) mass is 379 g/mol. The van der Waals surface area contributed by atoms with Crippen LogP contribution >= 0.6 is 23.2 Å². The second-order valence-corrected chi connectivity index (χ2v) is 6.32. The standard InChI is InChI=1S/C18H19Cl2N3O2/c1-12(15-8-7-14(19)9-16(15)20)23-17(24)11-22-18(25)21-10-13-5-3-2-4-6-13/h2-9,12H,10-11H2,1H3,(H,23,24)(H2,21,22,25)/t12-/m1/s1. The van der Waals surface area contributed by atoms with Crippen LogP contribution in [0, 0.1) is 0 Å². The van der Waals surface area contributed by atoms with Gasteiger partial charge in [-0.3, -0.25) is 4.79 Å². The molecule has 25 heavy (non-hydrogen) atoms. The van der Waals surface area contributed by atoms with Crippen molar-refractivity contribution in [3.05, 3.63) is 69.7 Å². The first-order chi connectivity index (χ1) is 12.0. The molecular weight excluding hydrogens is 361 g/mol. The van der Waals surface area contributed by atoms with E-state index in [2.05, 4.69) is 16.0 Å². The molecule has 2 aromatic rings. The normalized spacial score (nSPS) is 11.5. The molecule has 3 N–H and O–H groups in total. The summed E-state index contributed by atoms with van der Waals surface area (Å²) in [4.78, 5) is 23.7. The number of benzene rings is 2. The summed E-state index contributed by atoms with van der Waals surface area (Å²) >= 11 is 12.0. The van der Waals surface area contributed by atoms with E-state index in [0.29, 0.717) is 16.6 Å². The molecule has 0 saturated carbocycles. The molecule has 0 heterocycles. The molecule has 5 nitrogen and oxygen atoms in total. The van der Waals surface area contributed by atoms with Crippen LogP contribution in [0.25, 0.3) is 0 Å². The van der Waals surface area contributed by atoms with Gasteiger partial charge in [0.05, 0.1) is 12.6 Å². The summed E-state index contributed by atoms with van der Waals surface area (Å²) in [7, 11) is 0. The van der Waals surface area contributed by atoms with Gasteiger partial charge in [-0.05, 0) is 30.2 Å². The highest BCUT2D eigenvalue weighted by atomic mass is 35.5. The number of amides is 3. The van der Waals surface area contributed by atoms with Gasteiger partial charge in [0.15, 0.2) is 0 Å². The molecule has 0 aliphatic rings. The van der Waals surface area contributed by atoms with E-state index in [9.17, 15) is 9.59 Å². The van der Waals surface area contributed by atoms with Crippen molar-refractivity contribution in [1.82, 2.24) is 16.0 Å². The maximum atomic E-state index is 12.0. The van der Waals surface area contributed by atoms with E-state index in [-0.39, 0.29) is 18.5 Å². The summed E-state index contributed by atoms with van der Waals surface area (Å²) in [6.07, 6.45) is 0. The zero-order chi connectivity index (χ0) is 18.2. The zero-order valence-electron chi connectivity index (χ0n) is 13.7. The highest BCUT2D eigenvalue weighted by Crippen LogP contribution is 2.25. The number of rotatable bonds is 6. The third-order valence-corrected chi connectivity index (χ3v) is 4.07. The lowest BCUT2D eigenvalue weighted by molar-refractivity contribution is -0.120. The fourth-order valence-electron chi connectivity index (χ4n) is 2.22. The first kappa shape index (κ1) is 19.1. The number of urea groups is 1. The van der Waals surface area contributed by atoms with Crippen LogP contribution in [0.1, 0.15) is 24.1 Å². The van der Waals surface area contributed by atoms with Crippen molar-refractivity contribution in [1.29, 1.82) is 0 Å². The maximum Gasteiger partial charge on any atom is 0.315 e. The van der Waals surface area contributed by atoms with E-state index in [1.807, 2.05) is 37.3 Å². The lowest BCUT2D eigenvalue weighted by Crippen LogP contribution is -2.42. The predicted molar refractivity (Wildman–Crippen MR) is 99.7 cm³/mol. The van der Waals surface area contributed by atoms with Crippen molar-refractivity contribution in [2.45, 2.75) is 19.5 Å². The van der Waals surface area contributed by atoms with Crippen molar-refractivity contribution >= 4 is 35.1 Å². The fourth-order valence-corrected chi connectivity index (χ4v) is 2.80. The van der Waals surface area contributed by atoms with Crippen LogP contribution in [0.5, 0.6) is 0 Å². The van der Waals surface area contributed by atoms with Crippen molar-refractivity contribution in [3.8, 4) is 0 Å². The fraction of sp³-hybridized carbons (Fsp3) is 0.222.